The van der Waals surface area contributed by atoms with E-state index in [2.05, 4.69) is 181 Å². The number of hydrogen-bond donors (Lipinski definition) is 0. The zero-order valence-electron chi connectivity index (χ0n) is 40.4. The van der Waals surface area contributed by atoms with Crippen LogP contribution in [-0.4, -0.2) is 19.5 Å². The van der Waals surface area contributed by atoms with Gasteiger partial charge >= 0.3 is 0 Å². The molecule has 4 aromatic heterocycles. The van der Waals surface area contributed by atoms with Crippen molar-refractivity contribution in [1.82, 2.24) is 19.5 Å². The topological polar surface area (TPSA) is 69.9 Å². The molecule has 0 unspecified atom stereocenters. The van der Waals surface area contributed by atoms with Crippen molar-refractivity contribution in [3.63, 3.8) is 0 Å². The van der Waals surface area contributed by atoms with Crippen LogP contribution >= 0.6 is 0 Å². The third-order valence-corrected chi connectivity index (χ3v) is 12.8. The molecule has 343 valence electrons. The maximum atomic E-state index is 6.84. The molecule has 68 heavy (non-hydrogen) atoms. The van der Waals surface area contributed by atoms with Crippen molar-refractivity contribution >= 4 is 54.9 Å². The van der Waals surface area contributed by atoms with Crippen LogP contribution < -0.4 is 0 Å². The number of imidazole rings is 1. The average Bonchev–Trinajstić information content (AvgIpc) is 4.01. The number of para-hydroxylation sites is 1. The van der Waals surface area contributed by atoms with Crippen LogP contribution in [0, 0.1) is 12.1 Å². The zero-order chi connectivity index (χ0) is 46.8. The number of nitrogens with zero attached hydrogens (tertiary/aromatic N) is 4. The molecule has 0 saturated carbocycles. The monoisotopic (exact) mass is 1070 g/mol. The summed E-state index contributed by atoms with van der Waals surface area (Å²) in [6.45, 7) is 22.4. The normalized spacial score (nSPS) is 12.1. The first-order valence-electron chi connectivity index (χ1n) is 23.4. The Hall–Kier alpha value is -6.66. The summed E-state index contributed by atoms with van der Waals surface area (Å²) in [5, 5.41) is 4.16. The van der Waals surface area contributed by atoms with Gasteiger partial charge < -0.3 is 13.4 Å². The maximum absolute atomic E-state index is 6.84. The Morgan fingerprint density at radius 3 is 1.91 bits per heavy atom. The molecule has 7 aromatic carbocycles. The van der Waals surface area contributed by atoms with Gasteiger partial charge in [-0.05, 0) is 93.6 Å². The molecule has 7 heteroatoms. The summed E-state index contributed by atoms with van der Waals surface area (Å²) in [5.41, 5.74) is 15.7. The van der Waals surface area contributed by atoms with Gasteiger partial charge in [-0.3, -0.25) is 15.0 Å². The van der Waals surface area contributed by atoms with Gasteiger partial charge in [0.15, 0.2) is 0 Å². The molecule has 0 N–H and O–H groups in total. The van der Waals surface area contributed by atoms with Crippen LogP contribution in [0.2, 0.25) is 0 Å². The Labute approximate surface area is 412 Å². The van der Waals surface area contributed by atoms with E-state index < -0.39 is 0 Å². The molecule has 0 spiro atoms. The second-order valence-electron chi connectivity index (χ2n) is 20.3. The van der Waals surface area contributed by atoms with E-state index >= 15 is 0 Å². The maximum Gasteiger partial charge on any atom is 0.136 e. The molecule has 1 radical (unpaired) electrons. The predicted octanol–water partition coefficient (Wildman–Crippen LogP) is 16.7. The fourth-order valence-corrected chi connectivity index (χ4v) is 9.12. The van der Waals surface area contributed by atoms with E-state index in [0.717, 1.165) is 83.4 Å². The van der Waals surface area contributed by atoms with E-state index in [-0.39, 0.29) is 42.8 Å². The van der Waals surface area contributed by atoms with E-state index in [0.29, 0.717) is 0 Å². The fraction of sp³-hybridized carbons (Fsp3) is 0.230. The summed E-state index contributed by atoms with van der Waals surface area (Å²) in [7, 11) is 0. The zero-order valence-corrected chi connectivity index (χ0v) is 42.8. The van der Waals surface area contributed by atoms with Gasteiger partial charge in [0.1, 0.15) is 16.7 Å². The van der Waals surface area contributed by atoms with E-state index in [1.54, 1.807) is 0 Å². The summed E-state index contributed by atoms with van der Waals surface area (Å²) < 4.78 is 15.5. The summed E-state index contributed by atoms with van der Waals surface area (Å²) in [6.07, 6.45) is 1.81. The molecule has 6 nitrogen and oxygen atoms in total. The molecule has 11 rings (SSSR count). The van der Waals surface area contributed by atoms with Gasteiger partial charge in [0.2, 0.25) is 0 Å². The van der Waals surface area contributed by atoms with Crippen molar-refractivity contribution in [2.45, 2.75) is 91.9 Å². The predicted molar refractivity (Wildman–Crippen MR) is 277 cm³/mol. The Morgan fingerprint density at radius 1 is 0.559 bits per heavy atom. The first kappa shape index (κ1) is 46.4. The largest absolute Gasteiger partial charge is 0.501 e. The summed E-state index contributed by atoms with van der Waals surface area (Å²) in [4.78, 5) is 14.3. The summed E-state index contributed by atoms with van der Waals surface area (Å²) >= 11 is 0. The SMILES string of the molecule is CC(C)(C)c1ccnc(-c2[c-]cccc2)n1.CC(C)c1cc(-c2ccccc2)cc(C(C)C)c1-n1c(-c2[c-]ccc3c2oc2cc4c(cc23)oc2ccccc24)nc2ccc(C(C)(C)C)cc21.[Ir]. The Morgan fingerprint density at radius 2 is 1.24 bits per heavy atom. The van der Waals surface area contributed by atoms with Crippen LogP contribution in [0.25, 0.3) is 94.5 Å². The van der Waals surface area contributed by atoms with Crippen LogP contribution in [0.5, 0.6) is 0 Å². The van der Waals surface area contributed by atoms with Gasteiger partial charge in [0, 0.05) is 59.3 Å². The molecular weight excluding hydrogens is 1010 g/mol. The molecule has 0 aliphatic heterocycles. The second-order valence-corrected chi connectivity index (χ2v) is 20.3. The average molecular weight is 1070 g/mol. The molecule has 11 aromatic rings. The third-order valence-electron chi connectivity index (χ3n) is 12.8. The Balaban J connectivity index is 0.000000289. The van der Waals surface area contributed by atoms with Crippen molar-refractivity contribution < 1.29 is 28.9 Å². The van der Waals surface area contributed by atoms with Crippen molar-refractivity contribution in [1.29, 1.82) is 0 Å². The van der Waals surface area contributed by atoms with E-state index in [1.165, 1.54) is 33.5 Å². The van der Waals surface area contributed by atoms with Crippen molar-refractivity contribution in [3.05, 3.63) is 180 Å². The van der Waals surface area contributed by atoms with E-state index in [9.17, 15) is 0 Å². The minimum absolute atomic E-state index is 0. The van der Waals surface area contributed by atoms with Crippen molar-refractivity contribution in [2.24, 2.45) is 0 Å². The summed E-state index contributed by atoms with van der Waals surface area (Å²) in [5.74, 6) is 2.08. The molecule has 0 atom stereocenters. The van der Waals surface area contributed by atoms with Crippen molar-refractivity contribution in [2.75, 3.05) is 0 Å². The van der Waals surface area contributed by atoms with Crippen LogP contribution in [0.15, 0.2) is 155 Å². The minimum atomic E-state index is -0.0334. The van der Waals surface area contributed by atoms with Gasteiger partial charge in [-0.1, -0.05) is 135 Å². The standard InChI is InChI=1S/C47H41N2O2.C14H15N2.Ir/c1-27(2)35-22-30(29-14-9-8-10-15-29)23-36(28(3)4)44(35)49-40-24-31(47(5,6)7)20-21-39(40)48-46(49)34-18-13-17-33-38-26-42-37(25-43(38)51-45(33)34)32-16-11-12-19-41(32)50-42;1-14(2,3)12-9-10-15-13(16-12)11-7-5-4-6-8-11;/h8-17,19-28H,1-7H3;4-7,9-10H,1-3H3;/q2*-1;. The Bertz CT molecular complexity index is 3570. The summed E-state index contributed by atoms with van der Waals surface area (Å²) in [6, 6.07) is 55.2. The number of rotatable bonds is 6. The second kappa shape index (κ2) is 18.1. The molecule has 4 heterocycles. The molecule has 0 bridgehead atoms. The van der Waals surface area contributed by atoms with Gasteiger partial charge in [0.25, 0.3) is 0 Å². The number of aromatic nitrogens is 4. The van der Waals surface area contributed by atoms with E-state index in [4.69, 9.17) is 13.8 Å². The quantitative estimate of drug-likeness (QED) is 0.155. The number of hydrogen-bond acceptors (Lipinski definition) is 5. The molecule has 0 fully saturated rings. The van der Waals surface area contributed by atoms with E-state index in [1.807, 2.05) is 60.8 Å². The molecular formula is C61H56IrN4O2-2. The third kappa shape index (κ3) is 8.59. The van der Waals surface area contributed by atoms with Crippen LogP contribution in [-0.2, 0) is 30.9 Å². The number of fused-ring (bicyclic) bond motifs is 7. The fourth-order valence-electron chi connectivity index (χ4n) is 9.12. The first-order valence-corrected chi connectivity index (χ1v) is 23.4. The number of benzene rings is 7. The van der Waals surface area contributed by atoms with Crippen LogP contribution in [0.1, 0.15) is 103 Å². The molecule has 0 aliphatic rings. The molecule has 0 amide bonds. The van der Waals surface area contributed by atoms with Crippen molar-refractivity contribution in [3.8, 4) is 39.6 Å². The first-order chi connectivity index (χ1) is 32.1. The smallest absolute Gasteiger partial charge is 0.136 e. The van der Waals surface area contributed by atoms with Crippen LogP contribution in [0.3, 0.4) is 0 Å². The van der Waals surface area contributed by atoms with Gasteiger partial charge in [0.05, 0.1) is 28.3 Å². The molecule has 0 saturated heterocycles. The van der Waals surface area contributed by atoms with Gasteiger partial charge in [-0.2, -0.15) is 0 Å². The Kier molecular flexibility index (Phi) is 12.4. The van der Waals surface area contributed by atoms with Crippen LogP contribution in [0.4, 0.5) is 0 Å². The minimum Gasteiger partial charge on any atom is -0.501 e. The van der Waals surface area contributed by atoms with Gasteiger partial charge in [-0.15, -0.1) is 54.1 Å². The number of furan rings is 2. The van der Waals surface area contributed by atoms with Gasteiger partial charge in [-0.25, -0.2) is 0 Å². The molecule has 0 aliphatic carbocycles.